The summed E-state index contributed by atoms with van der Waals surface area (Å²) in [5, 5.41) is 3.04. The van der Waals surface area contributed by atoms with Crippen LogP contribution >= 0.6 is 0 Å². The third kappa shape index (κ3) is 3.63. The minimum atomic E-state index is -0.00887. The number of urea groups is 1. The van der Waals surface area contributed by atoms with Crippen LogP contribution in [0.4, 0.5) is 10.5 Å². The summed E-state index contributed by atoms with van der Waals surface area (Å²) in [5.74, 6) is 2.20. The lowest BCUT2D eigenvalue weighted by Crippen LogP contribution is -2.50. The van der Waals surface area contributed by atoms with Gasteiger partial charge >= 0.3 is 6.03 Å². The second-order valence-electron chi connectivity index (χ2n) is 7.15. The average Bonchev–Trinajstić information content (AvgIpc) is 3.44. The van der Waals surface area contributed by atoms with Gasteiger partial charge in [0.2, 0.25) is 0 Å². The molecule has 0 radical (unpaired) electrons. The molecule has 6 heteroatoms. The Labute approximate surface area is 137 Å². The molecule has 0 aromatic carbocycles. The van der Waals surface area contributed by atoms with Gasteiger partial charge in [0.05, 0.1) is 17.6 Å². The molecule has 23 heavy (non-hydrogen) atoms. The van der Waals surface area contributed by atoms with E-state index in [0.29, 0.717) is 5.92 Å². The van der Waals surface area contributed by atoms with Crippen LogP contribution < -0.4 is 5.32 Å². The molecule has 124 valence electrons. The van der Waals surface area contributed by atoms with E-state index in [2.05, 4.69) is 20.2 Å². The van der Waals surface area contributed by atoms with Crippen LogP contribution in [0.1, 0.15) is 43.1 Å². The summed E-state index contributed by atoms with van der Waals surface area (Å²) in [6.07, 6.45) is 6.87. The largest absolute Gasteiger partial charge is 0.322 e. The molecule has 4 rings (SSSR count). The molecule has 2 saturated carbocycles. The van der Waals surface area contributed by atoms with Crippen molar-refractivity contribution in [2.24, 2.45) is 5.92 Å². The first-order valence-electron chi connectivity index (χ1n) is 8.81. The van der Waals surface area contributed by atoms with Crippen LogP contribution in [0.3, 0.4) is 0 Å². The van der Waals surface area contributed by atoms with E-state index >= 15 is 0 Å². The van der Waals surface area contributed by atoms with Crippen molar-refractivity contribution in [2.75, 3.05) is 38.0 Å². The van der Waals surface area contributed by atoms with Crippen LogP contribution in [0.25, 0.3) is 0 Å². The standard InChI is InChI=1S/C17H25N5O/c1-12-18-10-15(16(19-12)14-4-5-14)20-17(23)22-8-6-21(7-9-22)11-13-2-3-13/h10,13-14H,2-9,11H2,1H3,(H,20,23). The molecule has 0 spiro atoms. The average molecular weight is 315 g/mol. The zero-order chi connectivity index (χ0) is 15.8. The highest BCUT2D eigenvalue weighted by molar-refractivity contribution is 5.90. The Bertz CT molecular complexity index is 589. The smallest absolute Gasteiger partial charge is 0.322 e. The summed E-state index contributed by atoms with van der Waals surface area (Å²) < 4.78 is 0. The number of aromatic nitrogens is 2. The number of nitrogens with zero attached hydrogens (tertiary/aromatic N) is 4. The molecule has 1 N–H and O–H groups in total. The maximum Gasteiger partial charge on any atom is 0.322 e. The van der Waals surface area contributed by atoms with Crippen LogP contribution in [0.2, 0.25) is 0 Å². The number of carbonyl (C=O) groups excluding carboxylic acids is 1. The Balaban J connectivity index is 1.35. The third-order valence-electron chi connectivity index (χ3n) is 5.02. The van der Waals surface area contributed by atoms with E-state index in [9.17, 15) is 4.79 Å². The fraction of sp³-hybridized carbons (Fsp3) is 0.706. The minimum Gasteiger partial charge on any atom is -0.322 e. The summed E-state index contributed by atoms with van der Waals surface area (Å²) in [5.41, 5.74) is 1.81. The number of anilines is 1. The first kappa shape index (κ1) is 14.9. The van der Waals surface area contributed by atoms with Crippen molar-refractivity contribution in [3.8, 4) is 0 Å². The van der Waals surface area contributed by atoms with Gasteiger partial charge in [-0.05, 0) is 38.5 Å². The molecule has 3 aliphatic rings. The van der Waals surface area contributed by atoms with Crippen molar-refractivity contribution in [2.45, 2.75) is 38.5 Å². The van der Waals surface area contributed by atoms with Gasteiger partial charge in [0, 0.05) is 38.6 Å². The van der Waals surface area contributed by atoms with Crippen molar-refractivity contribution < 1.29 is 4.79 Å². The maximum atomic E-state index is 12.5. The molecule has 3 fully saturated rings. The third-order valence-corrected chi connectivity index (χ3v) is 5.02. The fourth-order valence-corrected chi connectivity index (χ4v) is 3.25. The SMILES string of the molecule is Cc1ncc(NC(=O)N2CCN(CC3CC3)CC2)c(C2CC2)n1. The van der Waals surface area contributed by atoms with Crippen LogP contribution in [0.15, 0.2) is 6.20 Å². The van der Waals surface area contributed by atoms with Gasteiger partial charge in [-0.15, -0.1) is 0 Å². The summed E-state index contributed by atoms with van der Waals surface area (Å²) in [6, 6.07) is -0.00887. The van der Waals surface area contributed by atoms with E-state index in [1.807, 2.05) is 11.8 Å². The highest BCUT2D eigenvalue weighted by Gasteiger charge is 2.30. The summed E-state index contributed by atoms with van der Waals surface area (Å²) in [4.78, 5) is 25.7. The quantitative estimate of drug-likeness (QED) is 0.925. The summed E-state index contributed by atoms with van der Waals surface area (Å²) >= 11 is 0. The number of piperazine rings is 1. The normalized spacial score (nSPS) is 22.2. The summed E-state index contributed by atoms with van der Waals surface area (Å²) in [6.45, 7) is 6.71. The van der Waals surface area contributed by atoms with E-state index in [-0.39, 0.29) is 6.03 Å². The molecule has 1 aromatic heterocycles. The molecule has 2 amide bonds. The lowest BCUT2D eigenvalue weighted by molar-refractivity contribution is 0.144. The topological polar surface area (TPSA) is 61.4 Å². The molecule has 2 heterocycles. The van der Waals surface area contributed by atoms with Crippen LogP contribution in [0.5, 0.6) is 0 Å². The first-order valence-corrected chi connectivity index (χ1v) is 8.81. The number of hydrogen-bond acceptors (Lipinski definition) is 4. The number of nitrogens with one attached hydrogen (secondary N) is 1. The van der Waals surface area contributed by atoms with Gasteiger partial charge in [0.25, 0.3) is 0 Å². The van der Waals surface area contributed by atoms with Crippen LogP contribution in [0, 0.1) is 12.8 Å². The van der Waals surface area contributed by atoms with E-state index in [1.165, 1.54) is 32.2 Å². The molecule has 1 saturated heterocycles. The predicted molar refractivity (Wildman–Crippen MR) is 88.5 cm³/mol. The Hall–Kier alpha value is -1.69. The molecule has 0 unspecified atom stereocenters. The van der Waals surface area contributed by atoms with Gasteiger partial charge in [-0.25, -0.2) is 14.8 Å². The Morgan fingerprint density at radius 2 is 1.96 bits per heavy atom. The maximum absolute atomic E-state index is 12.5. The molecular weight excluding hydrogens is 290 g/mol. The number of aryl methyl sites for hydroxylation is 1. The van der Waals surface area contributed by atoms with Crippen LogP contribution in [-0.4, -0.2) is 58.5 Å². The van der Waals surface area contributed by atoms with Crippen molar-refractivity contribution in [1.82, 2.24) is 19.8 Å². The molecule has 0 atom stereocenters. The zero-order valence-electron chi connectivity index (χ0n) is 13.8. The number of carbonyl (C=O) groups is 1. The Kier molecular flexibility index (Phi) is 3.93. The minimum absolute atomic E-state index is 0.00887. The van der Waals surface area contributed by atoms with Crippen molar-refractivity contribution >= 4 is 11.7 Å². The molecule has 1 aliphatic heterocycles. The number of rotatable bonds is 4. The van der Waals surface area contributed by atoms with Crippen molar-refractivity contribution in [3.05, 3.63) is 17.7 Å². The fourth-order valence-electron chi connectivity index (χ4n) is 3.25. The molecule has 2 aliphatic carbocycles. The molecule has 1 aromatic rings. The van der Waals surface area contributed by atoms with Crippen molar-refractivity contribution in [1.29, 1.82) is 0 Å². The lowest BCUT2D eigenvalue weighted by atomic mass is 10.2. The van der Waals surface area contributed by atoms with Crippen LogP contribution in [-0.2, 0) is 0 Å². The van der Waals surface area contributed by atoms with Gasteiger partial charge in [-0.2, -0.15) is 0 Å². The highest BCUT2D eigenvalue weighted by atomic mass is 16.2. The van der Waals surface area contributed by atoms with E-state index in [1.54, 1.807) is 6.20 Å². The number of hydrogen-bond donors (Lipinski definition) is 1. The molecular formula is C17H25N5O. The molecule has 0 bridgehead atoms. The van der Waals surface area contributed by atoms with Gasteiger partial charge in [-0.3, -0.25) is 4.90 Å². The van der Waals surface area contributed by atoms with Gasteiger partial charge in [0.15, 0.2) is 0 Å². The lowest BCUT2D eigenvalue weighted by Gasteiger charge is -2.34. The predicted octanol–water partition coefficient (Wildman–Crippen LogP) is 2.22. The van der Waals surface area contributed by atoms with Crippen molar-refractivity contribution in [3.63, 3.8) is 0 Å². The Morgan fingerprint density at radius 1 is 1.22 bits per heavy atom. The first-order chi connectivity index (χ1) is 11.2. The van der Waals surface area contributed by atoms with Gasteiger partial charge in [0.1, 0.15) is 5.82 Å². The van der Waals surface area contributed by atoms with Gasteiger partial charge < -0.3 is 10.2 Å². The second-order valence-corrected chi connectivity index (χ2v) is 7.15. The zero-order valence-corrected chi connectivity index (χ0v) is 13.8. The van der Waals surface area contributed by atoms with E-state index < -0.39 is 0 Å². The van der Waals surface area contributed by atoms with Gasteiger partial charge in [-0.1, -0.05) is 0 Å². The van der Waals surface area contributed by atoms with E-state index in [4.69, 9.17) is 0 Å². The highest BCUT2D eigenvalue weighted by Crippen LogP contribution is 2.42. The Morgan fingerprint density at radius 3 is 2.61 bits per heavy atom. The molecule has 6 nitrogen and oxygen atoms in total. The summed E-state index contributed by atoms with van der Waals surface area (Å²) in [7, 11) is 0. The monoisotopic (exact) mass is 315 g/mol. The second kappa shape index (κ2) is 6.07. The van der Waals surface area contributed by atoms with E-state index in [0.717, 1.165) is 49.3 Å². The number of amides is 2.